The number of fused-ring (bicyclic) bond motifs is 1. The van der Waals surface area contributed by atoms with Gasteiger partial charge in [0, 0.05) is 36.4 Å². The number of hydrogen-bond donors (Lipinski definition) is 0. The van der Waals surface area contributed by atoms with Gasteiger partial charge in [0.2, 0.25) is 0 Å². The summed E-state index contributed by atoms with van der Waals surface area (Å²) in [6.45, 7) is 2.22. The quantitative estimate of drug-likeness (QED) is 0.854. The Kier molecular flexibility index (Phi) is 3.45. The number of carbonyl (C=O) groups is 1. The highest BCUT2D eigenvalue weighted by atomic mass is 35.5. The van der Waals surface area contributed by atoms with E-state index in [4.69, 9.17) is 11.6 Å². The van der Waals surface area contributed by atoms with E-state index in [1.165, 1.54) is 6.07 Å². The number of aromatic nitrogens is 3. The average molecular weight is 306 g/mol. The van der Waals surface area contributed by atoms with Crippen molar-refractivity contribution >= 4 is 17.4 Å². The SMILES string of the molecule is Cc1nn(C)c(Cl)c1Cn1c2c(ccc1=O)C(=O)CCC2. The van der Waals surface area contributed by atoms with E-state index < -0.39 is 0 Å². The van der Waals surface area contributed by atoms with Crippen LogP contribution in [0.3, 0.4) is 0 Å². The number of hydrogen-bond acceptors (Lipinski definition) is 3. The molecule has 0 unspecified atom stereocenters. The smallest absolute Gasteiger partial charge is 0.251 e. The summed E-state index contributed by atoms with van der Waals surface area (Å²) in [4.78, 5) is 24.2. The van der Waals surface area contributed by atoms with Crippen LogP contribution < -0.4 is 5.56 Å². The van der Waals surface area contributed by atoms with Gasteiger partial charge < -0.3 is 4.57 Å². The van der Waals surface area contributed by atoms with Crippen LogP contribution in [0.15, 0.2) is 16.9 Å². The molecular formula is C15H16ClN3O2. The Hall–Kier alpha value is -1.88. The maximum Gasteiger partial charge on any atom is 0.251 e. The van der Waals surface area contributed by atoms with E-state index in [-0.39, 0.29) is 11.3 Å². The number of nitrogens with zero attached hydrogens (tertiary/aromatic N) is 3. The van der Waals surface area contributed by atoms with Gasteiger partial charge in [-0.15, -0.1) is 0 Å². The van der Waals surface area contributed by atoms with E-state index in [1.807, 2.05) is 6.92 Å². The predicted molar refractivity (Wildman–Crippen MR) is 80.0 cm³/mol. The van der Waals surface area contributed by atoms with Gasteiger partial charge in [0.25, 0.3) is 5.56 Å². The van der Waals surface area contributed by atoms with Crippen molar-refractivity contribution in [3.8, 4) is 0 Å². The Bertz CT molecular complexity index is 789. The van der Waals surface area contributed by atoms with Crippen LogP contribution in [-0.2, 0) is 20.0 Å². The number of carbonyl (C=O) groups excluding carboxylic acids is 1. The molecule has 0 fully saturated rings. The third kappa shape index (κ3) is 2.31. The zero-order valence-electron chi connectivity index (χ0n) is 12.0. The summed E-state index contributed by atoms with van der Waals surface area (Å²) >= 11 is 6.25. The van der Waals surface area contributed by atoms with Crippen LogP contribution in [0.2, 0.25) is 5.15 Å². The van der Waals surface area contributed by atoms with Crippen LogP contribution in [0.1, 0.15) is 40.2 Å². The molecule has 6 heteroatoms. The average Bonchev–Trinajstić information content (AvgIpc) is 2.68. The molecule has 2 aromatic rings. The molecule has 0 saturated carbocycles. The second-order valence-corrected chi connectivity index (χ2v) is 5.73. The van der Waals surface area contributed by atoms with Crippen molar-refractivity contribution in [2.45, 2.75) is 32.7 Å². The van der Waals surface area contributed by atoms with E-state index in [1.54, 1.807) is 22.4 Å². The van der Waals surface area contributed by atoms with Gasteiger partial charge in [0.05, 0.1) is 12.2 Å². The van der Waals surface area contributed by atoms with Gasteiger partial charge in [-0.05, 0) is 25.8 Å². The van der Waals surface area contributed by atoms with Crippen molar-refractivity contribution in [2.24, 2.45) is 7.05 Å². The normalized spacial score (nSPS) is 14.3. The molecule has 2 heterocycles. The van der Waals surface area contributed by atoms with Crippen molar-refractivity contribution in [1.29, 1.82) is 0 Å². The first kappa shape index (κ1) is 14.1. The van der Waals surface area contributed by atoms with Crippen LogP contribution in [0.4, 0.5) is 0 Å². The minimum atomic E-state index is -0.109. The predicted octanol–water partition coefficient (Wildman–Crippen LogP) is 2.11. The Labute approximate surface area is 127 Å². The fourth-order valence-electron chi connectivity index (χ4n) is 2.88. The van der Waals surface area contributed by atoms with Crippen molar-refractivity contribution in [1.82, 2.24) is 14.3 Å². The Morgan fingerprint density at radius 3 is 2.71 bits per heavy atom. The van der Waals surface area contributed by atoms with Crippen molar-refractivity contribution in [3.63, 3.8) is 0 Å². The second kappa shape index (κ2) is 5.15. The fraction of sp³-hybridized carbons (Fsp3) is 0.400. The fourth-order valence-corrected chi connectivity index (χ4v) is 3.11. The van der Waals surface area contributed by atoms with E-state index in [2.05, 4.69) is 5.10 Å². The third-order valence-corrected chi connectivity index (χ3v) is 4.47. The molecule has 1 aliphatic carbocycles. The van der Waals surface area contributed by atoms with Gasteiger partial charge in [-0.25, -0.2) is 0 Å². The topological polar surface area (TPSA) is 56.9 Å². The van der Waals surface area contributed by atoms with Crippen LogP contribution in [-0.4, -0.2) is 20.1 Å². The van der Waals surface area contributed by atoms with Crippen LogP contribution >= 0.6 is 11.6 Å². The Morgan fingerprint density at radius 2 is 2.05 bits per heavy atom. The van der Waals surface area contributed by atoms with Gasteiger partial charge in [-0.1, -0.05) is 11.6 Å². The molecule has 0 spiro atoms. The van der Waals surface area contributed by atoms with Crippen molar-refractivity contribution < 1.29 is 4.79 Å². The summed E-state index contributed by atoms with van der Waals surface area (Å²) in [7, 11) is 1.77. The van der Waals surface area contributed by atoms with Gasteiger partial charge >= 0.3 is 0 Å². The molecule has 0 atom stereocenters. The lowest BCUT2D eigenvalue weighted by molar-refractivity contribution is 0.0970. The minimum Gasteiger partial charge on any atom is -0.307 e. The Morgan fingerprint density at radius 1 is 1.29 bits per heavy atom. The molecule has 0 radical (unpaired) electrons. The lowest BCUT2D eigenvalue weighted by Crippen LogP contribution is -2.28. The summed E-state index contributed by atoms with van der Waals surface area (Å²) < 4.78 is 3.25. The van der Waals surface area contributed by atoms with Gasteiger partial charge in [-0.2, -0.15) is 5.10 Å². The largest absolute Gasteiger partial charge is 0.307 e. The number of Topliss-reactive ketones (excluding diaryl/α,β-unsaturated/α-hetero) is 1. The molecule has 0 aromatic carbocycles. The first-order chi connectivity index (χ1) is 9.99. The molecular weight excluding hydrogens is 290 g/mol. The van der Waals surface area contributed by atoms with E-state index >= 15 is 0 Å². The number of aryl methyl sites for hydroxylation is 2. The Balaban J connectivity index is 2.13. The van der Waals surface area contributed by atoms with Crippen molar-refractivity contribution in [3.05, 3.63) is 50.2 Å². The van der Waals surface area contributed by atoms with Gasteiger partial charge in [0.1, 0.15) is 5.15 Å². The van der Waals surface area contributed by atoms with Gasteiger partial charge in [0.15, 0.2) is 5.78 Å². The molecule has 1 aliphatic rings. The van der Waals surface area contributed by atoms with E-state index in [0.717, 1.165) is 29.8 Å². The summed E-state index contributed by atoms with van der Waals surface area (Å²) in [6, 6.07) is 3.11. The molecule has 2 aromatic heterocycles. The lowest BCUT2D eigenvalue weighted by Gasteiger charge is -2.20. The molecule has 0 N–H and O–H groups in total. The van der Waals surface area contributed by atoms with E-state index in [9.17, 15) is 9.59 Å². The summed E-state index contributed by atoms with van der Waals surface area (Å²) in [5.41, 5.74) is 3.00. The number of halogens is 1. The molecule has 0 amide bonds. The maximum atomic E-state index is 12.2. The highest BCUT2D eigenvalue weighted by Gasteiger charge is 2.22. The molecule has 0 bridgehead atoms. The minimum absolute atomic E-state index is 0.109. The number of ketones is 1. The van der Waals surface area contributed by atoms with Crippen LogP contribution in [0, 0.1) is 6.92 Å². The first-order valence-electron chi connectivity index (χ1n) is 6.93. The summed E-state index contributed by atoms with van der Waals surface area (Å²) in [5, 5.41) is 4.79. The highest BCUT2D eigenvalue weighted by molar-refractivity contribution is 6.30. The monoisotopic (exact) mass is 305 g/mol. The lowest BCUT2D eigenvalue weighted by atomic mass is 9.94. The zero-order valence-corrected chi connectivity index (χ0v) is 12.8. The van der Waals surface area contributed by atoms with Crippen molar-refractivity contribution in [2.75, 3.05) is 0 Å². The molecule has 3 rings (SSSR count). The molecule has 110 valence electrons. The van der Waals surface area contributed by atoms with E-state index in [0.29, 0.717) is 23.7 Å². The summed E-state index contributed by atoms with van der Waals surface area (Å²) in [5.74, 6) is 0.110. The second-order valence-electron chi connectivity index (χ2n) is 5.37. The molecule has 0 saturated heterocycles. The first-order valence-corrected chi connectivity index (χ1v) is 7.30. The third-order valence-electron chi connectivity index (χ3n) is 4.00. The summed E-state index contributed by atoms with van der Waals surface area (Å²) in [6.07, 6.45) is 2.08. The molecule has 21 heavy (non-hydrogen) atoms. The highest BCUT2D eigenvalue weighted by Crippen LogP contribution is 2.23. The van der Waals surface area contributed by atoms with Crippen LogP contribution in [0.25, 0.3) is 0 Å². The zero-order chi connectivity index (χ0) is 15.1. The number of rotatable bonds is 2. The van der Waals surface area contributed by atoms with Gasteiger partial charge in [-0.3, -0.25) is 14.3 Å². The number of pyridine rings is 1. The molecule has 5 nitrogen and oxygen atoms in total. The standard InChI is InChI=1S/C15H16ClN3O2/c1-9-11(15(16)18(2)17-9)8-19-12-4-3-5-13(20)10(12)6-7-14(19)21/h6-7H,3-5,8H2,1-2H3. The molecule has 0 aliphatic heterocycles. The van der Waals surface area contributed by atoms with Crippen LogP contribution in [0.5, 0.6) is 0 Å². The maximum absolute atomic E-state index is 12.2.